The van der Waals surface area contributed by atoms with E-state index in [9.17, 15) is 5.11 Å². The summed E-state index contributed by atoms with van der Waals surface area (Å²) >= 11 is 0. The van der Waals surface area contributed by atoms with Crippen LogP contribution in [0.1, 0.15) is 58.8 Å². The van der Waals surface area contributed by atoms with Crippen molar-refractivity contribution in [2.75, 3.05) is 0 Å². The summed E-state index contributed by atoms with van der Waals surface area (Å²) in [6, 6.07) is 0. The third-order valence-corrected chi connectivity index (χ3v) is 2.77. The maximum atomic E-state index is 9.61. The zero-order chi connectivity index (χ0) is 14.2. The van der Waals surface area contributed by atoms with Gasteiger partial charge in [0.15, 0.2) is 0 Å². The second-order valence-electron chi connectivity index (χ2n) is 4.70. The Balaban J connectivity index is 3.58. The molecule has 0 aliphatic carbocycles. The molecule has 0 radical (unpaired) electrons. The molecule has 0 aromatic carbocycles. The van der Waals surface area contributed by atoms with Crippen LogP contribution in [0.5, 0.6) is 0 Å². The minimum Gasteiger partial charge on any atom is -0.389 e. The lowest BCUT2D eigenvalue weighted by Gasteiger charge is -1.98. The van der Waals surface area contributed by atoms with Gasteiger partial charge in [-0.2, -0.15) is 0 Å². The van der Waals surface area contributed by atoms with Crippen molar-refractivity contribution >= 4 is 0 Å². The Labute approximate surface area is 119 Å². The van der Waals surface area contributed by atoms with Gasteiger partial charge in [0.25, 0.3) is 0 Å². The Bertz CT molecular complexity index is 284. The Morgan fingerprint density at radius 1 is 0.895 bits per heavy atom. The van der Waals surface area contributed by atoms with Gasteiger partial charge in [-0.25, -0.2) is 0 Å². The number of aliphatic hydroxyl groups excluding tert-OH is 1. The highest BCUT2D eigenvalue weighted by atomic mass is 16.3. The van der Waals surface area contributed by atoms with E-state index in [4.69, 9.17) is 0 Å². The standard InChI is InChI=1S/C18H30O/c1-3-5-7-8-9-10-11-12-13-15-17-18(19)16-14-6-4-2/h6,9-10,12-15,17-19H,3-5,7-8,11,16H2,1-2H3/b10-9-,13-12-,14-6-,17-15+. The molecule has 0 amide bonds. The summed E-state index contributed by atoms with van der Waals surface area (Å²) in [5.41, 5.74) is 0. The van der Waals surface area contributed by atoms with Crippen molar-refractivity contribution in [2.45, 2.75) is 64.9 Å². The van der Waals surface area contributed by atoms with Crippen molar-refractivity contribution in [3.63, 3.8) is 0 Å². The van der Waals surface area contributed by atoms with Crippen LogP contribution in [-0.4, -0.2) is 11.2 Å². The molecule has 1 unspecified atom stereocenters. The molecule has 0 spiro atoms. The van der Waals surface area contributed by atoms with Gasteiger partial charge in [0.05, 0.1) is 6.10 Å². The first-order valence-electron chi connectivity index (χ1n) is 7.62. The van der Waals surface area contributed by atoms with Crippen molar-refractivity contribution < 1.29 is 5.11 Å². The highest BCUT2D eigenvalue weighted by Crippen LogP contribution is 2.01. The van der Waals surface area contributed by atoms with E-state index >= 15 is 0 Å². The Morgan fingerprint density at radius 2 is 1.74 bits per heavy atom. The zero-order valence-electron chi connectivity index (χ0n) is 12.6. The van der Waals surface area contributed by atoms with Gasteiger partial charge in [0.2, 0.25) is 0 Å². The van der Waals surface area contributed by atoms with Crippen LogP contribution in [0.3, 0.4) is 0 Å². The van der Waals surface area contributed by atoms with Crippen LogP contribution in [-0.2, 0) is 0 Å². The lowest BCUT2D eigenvalue weighted by molar-refractivity contribution is 0.227. The van der Waals surface area contributed by atoms with Gasteiger partial charge >= 0.3 is 0 Å². The fraction of sp³-hybridized carbons (Fsp3) is 0.556. The molecule has 0 aromatic heterocycles. The van der Waals surface area contributed by atoms with Gasteiger partial charge in [-0.1, -0.05) is 75.3 Å². The van der Waals surface area contributed by atoms with Gasteiger partial charge in [-0.05, 0) is 32.1 Å². The summed E-state index contributed by atoms with van der Waals surface area (Å²) in [7, 11) is 0. The van der Waals surface area contributed by atoms with E-state index in [-0.39, 0.29) is 6.10 Å². The van der Waals surface area contributed by atoms with Gasteiger partial charge in [0, 0.05) is 0 Å². The van der Waals surface area contributed by atoms with E-state index in [1.807, 2.05) is 24.3 Å². The molecule has 0 aromatic rings. The van der Waals surface area contributed by atoms with Crippen molar-refractivity contribution in [3.8, 4) is 0 Å². The van der Waals surface area contributed by atoms with Crippen molar-refractivity contribution in [3.05, 3.63) is 48.6 Å². The third-order valence-electron chi connectivity index (χ3n) is 2.77. The average Bonchev–Trinajstić information content (AvgIpc) is 2.41. The van der Waals surface area contributed by atoms with Crippen LogP contribution in [0.4, 0.5) is 0 Å². The normalized spacial score (nSPS) is 14.5. The maximum Gasteiger partial charge on any atom is 0.0758 e. The van der Waals surface area contributed by atoms with E-state index in [2.05, 4.69) is 38.2 Å². The topological polar surface area (TPSA) is 20.2 Å². The molecule has 1 N–H and O–H groups in total. The largest absolute Gasteiger partial charge is 0.389 e. The van der Waals surface area contributed by atoms with E-state index in [0.29, 0.717) is 6.42 Å². The van der Waals surface area contributed by atoms with Crippen LogP contribution in [0.15, 0.2) is 48.6 Å². The predicted octanol–water partition coefficient (Wildman–Crippen LogP) is 5.34. The number of rotatable bonds is 11. The molecule has 0 bridgehead atoms. The Hall–Kier alpha value is -1.08. The number of hydrogen-bond acceptors (Lipinski definition) is 1. The fourth-order valence-electron chi connectivity index (χ4n) is 1.64. The summed E-state index contributed by atoms with van der Waals surface area (Å²) in [4.78, 5) is 0. The summed E-state index contributed by atoms with van der Waals surface area (Å²) < 4.78 is 0. The van der Waals surface area contributed by atoms with E-state index in [0.717, 1.165) is 12.8 Å². The molecule has 0 fully saturated rings. The van der Waals surface area contributed by atoms with E-state index in [1.165, 1.54) is 25.7 Å². The molecule has 0 saturated heterocycles. The first-order valence-corrected chi connectivity index (χ1v) is 7.62. The third kappa shape index (κ3) is 14.9. The van der Waals surface area contributed by atoms with Gasteiger partial charge in [0.1, 0.15) is 0 Å². The molecule has 108 valence electrons. The molecule has 0 aliphatic rings. The molecule has 0 heterocycles. The Morgan fingerprint density at radius 3 is 2.47 bits per heavy atom. The lowest BCUT2D eigenvalue weighted by Crippen LogP contribution is -1.98. The zero-order valence-corrected chi connectivity index (χ0v) is 12.6. The molecule has 0 rings (SSSR count). The second-order valence-corrected chi connectivity index (χ2v) is 4.70. The monoisotopic (exact) mass is 262 g/mol. The molecule has 1 heteroatoms. The summed E-state index contributed by atoms with van der Waals surface area (Å²) in [6.07, 6.45) is 23.9. The van der Waals surface area contributed by atoms with Gasteiger partial charge in [-0.3, -0.25) is 0 Å². The molecule has 1 atom stereocenters. The van der Waals surface area contributed by atoms with E-state index < -0.39 is 0 Å². The van der Waals surface area contributed by atoms with Crippen molar-refractivity contribution in [1.29, 1.82) is 0 Å². The van der Waals surface area contributed by atoms with Crippen LogP contribution < -0.4 is 0 Å². The SMILES string of the molecule is CC/C=C\CC(O)/C=C/C=C\C/C=C\CCCCC. The number of allylic oxidation sites excluding steroid dienone is 6. The number of aliphatic hydroxyl groups is 1. The fourth-order valence-corrected chi connectivity index (χ4v) is 1.64. The summed E-state index contributed by atoms with van der Waals surface area (Å²) in [5, 5.41) is 9.61. The quantitative estimate of drug-likeness (QED) is 0.302. The molecule has 19 heavy (non-hydrogen) atoms. The Kier molecular flexibility index (Phi) is 14.1. The summed E-state index contributed by atoms with van der Waals surface area (Å²) in [6.45, 7) is 4.32. The predicted molar refractivity (Wildman–Crippen MR) is 86.2 cm³/mol. The van der Waals surface area contributed by atoms with E-state index in [1.54, 1.807) is 0 Å². The highest BCUT2D eigenvalue weighted by Gasteiger charge is 1.92. The first-order chi connectivity index (χ1) is 9.31. The minimum absolute atomic E-state index is 0.364. The van der Waals surface area contributed by atoms with Gasteiger partial charge in [-0.15, -0.1) is 0 Å². The van der Waals surface area contributed by atoms with Crippen molar-refractivity contribution in [2.24, 2.45) is 0 Å². The molecular formula is C18H30O. The lowest BCUT2D eigenvalue weighted by atomic mass is 10.2. The van der Waals surface area contributed by atoms with Crippen molar-refractivity contribution in [1.82, 2.24) is 0 Å². The molecule has 0 aliphatic heterocycles. The second kappa shape index (κ2) is 15.0. The highest BCUT2D eigenvalue weighted by molar-refractivity contribution is 5.07. The molecule has 0 saturated carbocycles. The molecular weight excluding hydrogens is 232 g/mol. The average molecular weight is 262 g/mol. The first kappa shape index (κ1) is 17.9. The van der Waals surface area contributed by atoms with Crippen LogP contribution in [0.25, 0.3) is 0 Å². The van der Waals surface area contributed by atoms with Crippen LogP contribution in [0, 0.1) is 0 Å². The van der Waals surface area contributed by atoms with Crippen LogP contribution in [0.2, 0.25) is 0 Å². The summed E-state index contributed by atoms with van der Waals surface area (Å²) in [5.74, 6) is 0. The van der Waals surface area contributed by atoms with Gasteiger partial charge < -0.3 is 5.11 Å². The maximum absolute atomic E-state index is 9.61. The minimum atomic E-state index is -0.364. The molecule has 1 nitrogen and oxygen atoms in total. The number of unbranched alkanes of at least 4 members (excludes halogenated alkanes) is 3. The smallest absolute Gasteiger partial charge is 0.0758 e. The number of hydrogen-bond donors (Lipinski definition) is 1. The van der Waals surface area contributed by atoms with Crippen LogP contribution >= 0.6 is 0 Å².